The Morgan fingerprint density at radius 3 is 2.75 bits per heavy atom. The molecule has 2 aliphatic heterocycles. The van der Waals surface area contributed by atoms with E-state index in [0.29, 0.717) is 18.3 Å². The molecule has 0 unspecified atom stereocenters. The molecule has 1 aromatic rings. The molecule has 4 fully saturated rings. The molecule has 0 radical (unpaired) electrons. The average Bonchev–Trinajstić information content (AvgIpc) is 3.22. The zero-order chi connectivity index (χ0) is 23.7. The Labute approximate surface area is 226 Å². The molecule has 2 heterocycles. The smallest absolute Gasteiger partial charge is 0.226 e. The number of ether oxygens (including phenoxy) is 2. The van der Waals surface area contributed by atoms with Gasteiger partial charge in [-0.1, -0.05) is 18.9 Å². The Morgan fingerprint density at radius 2 is 2.00 bits per heavy atom. The standard InChI is InChI=1S/C27H39N3O4.2ClH/c1-30-14-11-26-21-17-7-8-19(31)22(21)34-24(26)27(33-2)10-9-25(26,20(30)15-17)16-18(27)23(32)29-13-6-4-3-5-12-28;;/h7-8,18,20,24,31H,3-6,9-16,28H2,1-2H3,(H,29,32);2*1H/t18-,20-,24-,25-,26+,27-;;/m1../s1. The molecule has 1 saturated heterocycles. The number of likely N-dealkylation sites (N-methyl/N-ethyl adjacent to an activating group) is 1. The maximum Gasteiger partial charge on any atom is 0.226 e. The number of nitrogens with two attached hydrogens (primary N) is 1. The fourth-order valence-electron chi connectivity index (χ4n) is 8.94. The lowest BCUT2D eigenvalue weighted by molar-refractivity contribution is -0.270. The summed E-state index contributed by atoms with van der Waals surface area (Å²) < 4.78 is 13.1. The van der Waals surface area contributed by atoms with Crippen molar-refractivity contribution < 1.29 is 19.4 Å². The van der Waals surface area contributed by atoms with Crippen LogP contribution in [0.15, 0.2) is 12.1 Å². The summed E-state index contributed by atoms with van der Waals surface area (Å²) in [7, 11) is 4.00. The fraction of sp³-hybridized carbons (Fsp3) is 0.741. The van der Waals surface area contributed by atoms with Gasteiger partial charge in [0.1, 0.15) is 11.7 Å². The van der Waals surface area contributed by atoms with E-state index in [1.807, 2.05) is 0 Å². The molecular formula is C27H41Cl2N3O4. The van der Waals surface area contributed by atoms with Gasteiger partial charge in [-0.3, -0.25) is 4.79 Å². The van der Waals surface area contributed by atoms with Crippen molar-refractivity contribution in [3.63, 3.8) is 0 Å². The molecule has 4 bridgehead atoms. The molecule has 4 aliphatic carbocycles. The van der Waals surface area contributed by atoms with Crippen LogP contribution in [0.1, 0.15) is 62.5 Å². The molecule has 0 aromatic heterocycles. The minimum absolute atomic E-state index is 0. The first kappa shape index (κ1) is 27.8. The van der Waals surface area contributed by atoms with Crippen LogP contribution >= 0.6 is 24.8 Å². The summed E-state index contributed by atoms with van der Waals surface area (Å²) in [6, 6.07) is 4.25. The zero-order valence-electron chi connectivity index (χ0n) is 21.4. The Bertz CT molecular complexity index is 1010. The van der Waals surface area contributed by atoms with Crippen LogP contribution < -0.4 is 15.8 Å². The normalized spacial score (nSPS) is 36.8. The third-order valence-electron chi connectivity index (χ3n) is 10.4. The predicted octanol–water partition coefficient (Wildman–Crippen LogP) is 3.32. The van der Waals surface area contributed by atoms with E-state index in [1.165, 1.54) is 11.1 Å². The van der Waals surface area contributed by atoms with Crippen LogP contribution in [0, 0.1) is 11.3 Å². The Balaban J connectivity index is 0.00000152. The first-order valence-corrected chi connectivity index (χ1v) is 13.2. The number of phenols is 1. The van der Waals surface area contributed by atoms with Gasteiger partial charge >= 0.3 is 0 Å². The summed E-state index contributed by atoms with van der Waals surface area (Å²) in [5.74, 6) is 0.726. The van der Waals surface area contributed by atoms with Crippen LogP contribution in [0.3, 0.4) is 0 Å². The fourth-order valence-corrected chi connectivity index (χ4v) is 8.94. The average molecular weight is 543 g/mol. The first-order chi connectivity index (χ1) is 16.4. The molecule has 7 nitrogen and oxygen atoms in total. The van der Waals surface area contributed by atoms with E-state index in [2.05, 4.69) is 23.3 Å². The number of likely N-dealkylation sites (tertiary alicyclic amines) is 1. The molecule has 3 saturated carbocycles. The number of nitrogens with zero attached hydrogens (tertiary/aromatic N) is 1. The van der Waals surface area contributed by atoms with Gasteiger partial charge in [-0.05, 0) is 76.7 Å². The van der Waals surface area contributed by atoms with Crippen LogP contribution in [-0.4, -0.2) is 67.5 Å². The maximum atomic E-state index is 13.7. The van der Waals surface area contributed by atoms with E-state index in [0.717, 1.165) is 70.9 Å². The van der Waals surface area contributed by atoms with Crippen LogP contribution in [0.25, 0.3) is 0 Å². The second-order valence-electron chi connectivity index (χ2n) is 11.4. The molecule has 202 valence electrons. The number of carbonyl (C=O) groups excluding carboxylic acids is 1. The Kier molecular flexibility index (Phi) is 7.57. The minimum Gasteiger partial charge on any atom is -0.504 e. The number of methoxy groups -OCH3 is 1. The number of carbonyl (C=O) groups is 1. The molecule has 1 aromatic carbocycles. The van der Waals surface area contributed by atoms with Gasteiger partial charge in [0.25, 0.3) is 0 Å². The second kappa shape index (κ2) is 9.81. The van der Waals surface area contributed by atoms with Gasteiger partial charge in [-0.15, -0.1) is 24.8 Å². The summed E-state index contributed by atoms with van der Waals surface area (Å²) in [4.78, 5) is 16.2. The summed E-state index contributed by atoms with van der Waals surface area (Å²) in [6.07, 6.45) is 8.57. The van der Waals surface area contributed by atoms with Crippen molar-refractivity contribution in [3.8, 4) is 11.5 Å². The minimum atomic E-state index is -0.675. The van der Waals surface area contributed by atoms with Gasteiger partial charge in [0.05, 0.1) is 5.92 Å². The van der Waals surface area contributed by atoms with Gasteiger partial charge in [0, 0.05) is 36.1 Å². The molecule has 36 heavy (non-hydrogen) atoms. The highest BCUT2D eigenvalue weighted by molar-refractivity contribution is 5.85. The van der Waals surface area contributed by atoms with Gasteiger partial charge < -0.3 is 30.5 Å². The topological polar surface area (TPSA) is 97.0 Å². The van der Waals surface area contributed by atoms with Gasteiger partial charge in [-0.25, -0.2) is 0 Å². The summed E-state index contributed by atoms with van der Waals surface area (Å²) in [5, 5.41) is 14.1. The van der Waals surface area contributed by atoms with E-state index in [9.17, 15) is 9.90 Å². The third-order valence-corrected chi connectivity index (χ3v) is 10.4. The summed E-state index contributed by atoms with van der Waals surface area (Å²) >= 11 is 0. The molecule has 6 aliphatic rings. The van der Waals surface area contributed by atoms with Gasteiger partial charge in [-0.2, -0.15) is 0 Å². The molecule has 1 amide bonds. The lowest BCUT2D eigenvalue weighted by atomic mass is 9.35. The van der Waals surface area contributed by atoms with Gasteiger partial charge in [0.2, 0.25) is 5.91 Å². The van der Waals surface area contributed by atoms with Crippen LogP contribution in [0.2, 0.25) is 0 Å². The maximum absolute atomic E-state index is 13.7. The van der Waals surface area contributed by atoms with E-state index in [4.69, 9.17) is 15.2 Å². The van der Waals surface area contributed by atoms with E-state index >= 15 is 0 Å². The quantitative estimate of drug-likeness (QED) is 0.437. The van der Waals surface area contributed by atoms with Crippen molar-refractivity contribution in [2.24, 2.45) is 17.1 Å². The highest BCUT2D eigenvalue weighted by Gasteiger charge is 2.81. The molecule has 6 atom stereocenters. The number of nitrogens with one attached hydrogen (secondary N) is 1. The zero-order valence-corrected chi connectivity index (χ0v) is 23.0. The van der Waals surface area contributed by atoms with Gasteiger partial charge in [0.15, 0.2) is 11.5 Å². The van der Waals surface area contributed by atoms with Crippen molar-refractivity contribution in [1.29, 1.82) is 0 Å². The molecule has 7 rings (SSSR count). The molecule has 9 heteroatoms. The SMILES string of the molecule is CO[C@]12CC[C@@]3(C[C@@H]1C(=O)NCCCCCCN)[C@H]1Cc4ccc(O)c5c4[C@@]3(CCN1C)[C@H]2O5.Cl.Cl. The van der Waals surface area contributed by atoms with Crippen LogP contribution in [0.4, 0.5) is 0 Å². The number of hydrogen-bond acceptors (Lipinski definition) is 6. The van der Waals surface area contributed by atoms with Crippen molar-refractivity contribution in [3.05, 3.63) is 23.3 Å². The van der Waals surface area contributed by atoms with E-state index in [1.54, 1.807) is 13.2 Å². The lowest BCUT2D eigenvalue weighted by Gasteiger charge is -2.73. The monoisotopic (exact) mass is 541 g/mol. The van der Waals surface area contributed by atoms with Crippen molar-refractivity contribution >= 4 is 30.7 Å². The van der Waals surface area contributed by atoms with E-state index < -0.39 is 5.60 Å². The number of unbranched alkanes of at least 4 members (excludes halogenated alkanes) is 3. The van der Waals surface area contributed by atoms with Crippen LogP contribution in [-0.2, 0) is 21.4 Å². The molecular weight excluding hydrogens is 501 g/mol. The Hall–Kier alpha value is -1.25. The number of phenolic OH excluding ortho intramolecular Hbond substituents is 1. The highest BCUT2D eigenvalue weighted by Crippen LogP contribution is 2.76. The molecule has 2 spiro atoms. The number of aromatic hydroxyl groups is 1. The number of amides is 1. The largest absolute Gasteiger partial charge is 0.504 e. The predicted molar refractivity (Wildman–Crippen MR) is 143 cm³/mol. The Morgan fingerprint density at radius 1 is 1.22 bits per heavy atom. The number of hydrogen-bond donors (Lipinski definition) is 3. The second-order valence-corrected chi connectivity index (χ2v) is 11.4. The molecule has 4 N–H and O–H groups in total. The van der Waals surface area contributed by atoms with E-state index in [-0.39, 0.29) is 59.3 Å². The summed E-state index contributed by atoms with van der Waals surface area (Å²) in [6.45, 7) is 2.42. The summed E-state index contributed by atoms with van der Waals surface area (Å²) in [5.41, 5.74) is 7.21. The van der Waals surface area contributed by atoms with Crippen LogP contribution in [0.5, 0.6) is 11.5 Å². The number of benzene rings is 1. The third kappa shape index (κ3) is 3.32. The number of fused-ring (bicyclic) bond motifs is 2. The number of halogens is 2. The highest BCUT2D eigenvalue weighted by atomic mass is 35.5. The lowest BCUT2D eigenvalue weighted by Crippen LogP contribution is -2.81. The van der Waals surface area contributed by atoms with Crippen molar-refractivity contribution in [1.82, 2.24) is 10.2 Å². The number of rotatable bonds is 8. The van der Waals surface area contributed by atoms with Crippen molar-refractivity contribution in [2.75, 3.05) is 33.8 Å². The number of piperidine rings is 1. The van der Waals surface area contributed by atoms with Crippen molar-refractivity contribution in [2.45, 2.75) is 80.9 Å². The first-order valence-electron chi connectivity index (χ1n) is 13.2.